The molecule has 4 aromatic rings. The number of nitrogens with two attached hydrogens (primary N) is 1. The molecule has 1 fully saturated rings. The van der Waals surface area contributed by atoms with E-state index in [1.807, 2.05) is 18.2 Å². The van der Waals surface area contributed by atoms with Crippen molar-refractivity contribution in [3.8, 4) is 0 Å². The maximum absolute atomic E-state index is 13.1. The lowest BCUT2D eigenvalue weighted by Crippen LogP contribution is -2.36. The lowest BCUT2D eigenvalue weighted by molar-refractivity contribution is 0.102. The third-order valence-corrected chi connectivity index (χ3v) is 5.78. The van der Waals surface area contributed by atoms with Crippen molar-refractivity contribution in [2.75, 3.05) is 29.9 Å². The van der Waals surface area contributed by atoms with E-state index in [1.54, 1.807) is 35.4 Å². The van der Waals surface area contributed by atoms with Crippen LogP contribution >= 0.6 is 0 Å². The molecule has 8 heteroatoms. The molecule has 1 aromatic carbocycles. The van der Waals surface area contributed by atoms with Crippen molar-refractivity contribution < 1.29 is 4.79 Å². The summed E-state index contributed by atoms with van der Waals surface area (Å²) in [4.78, 5) is 24.2. The van der Waals surface area contributed by atoms with Crippen molar-refractivity contribution in [2.45, 2.75) is 12.8 Å². The third-order valence-electron chi connectivity index (χ3n) is 5.78. The first-order valence-corrected chi connectivity index (χ1v) is 10.2. The number of carbonyl (C=O) groups is 1. The molecule has 5 rings (SSSR count). The number of rotatable bonds is 4. The molecule has 1 aliphatic rings. The van der Waals surface area contributed by atoms with E-state index in [2.05, 4.69) is 31.3 Å². The van der Waals surface area contributed by atoms with Gasteiger partial charge in [0.1, 0.15) is 5.56 Å². The number of hydrogen-bond donors (Lipinski definition) is 2. The molecule has 0 saturated carbocycles. The topological polar surface area (TPSA) is 101 Å². The van der Waals surface area contributed by atoms with Crippen LogP contribution in [-0.4, -0.2) is 45.1 Å². The van der Waals surface area contributed by atoms with Crippen molar-refractivity contribution in [1.82, 2.24) is 19.6 Å². The molecule has 3 aromatic heterocycles. The molecule has 0 bridgehead atoms. The molecule has 0 aliphatic carbocycles. The van der Waals surface area contributed by atoms with Crippen LogP contribution in [0.2, 0.25) is 0 Å². The fraction of sp³-hybridized carbons (Fsp3) is 0.273. The molecule has 1 amide bonds. The Labute approximate surface area is 173 Å². The van der Waals surface area contributed by atoms with E-state index in [9.17, 15) is 4.79 Å². The number of anilines is 2. The van der Waals surface area contributed by atoms with Crippen LogP contribution in [0.4, 0.5) is 11.4 Å². The van der Waals surface area contributed by atoms with Crippen LogP contribution in [0.25, 0.3) is 16.6 Å². The number of nitrogens with zero attached hydrogens (tertiary/aromatic N) is 5. The van der Waals surface area contributed by atoms with Crippen molar-refractivity contribution >= 4 is 33.8 Å². The summed E-state index contributed by atoms with van der Waals surface area (Å²) in [6.45, 7) is 2.53. The van der Waals surface area contributed by atoms with Gasteiger partial charge in [-0.2, -0.15) is 5.10 Å². The molecule has 0 radical (unpaired) electrons. The van der Waals surface area contributed by atoms with Gasteiger partial charge in [0, 0.05) is 37.1 Å². The second-order valence-electron chi connectivity index (χ2n) is 7.63. The van der Waals surface area contributed by atoms with Crippen LogP contribution in [0.15, 0.2) is 55.1 Å². The van der Waals surface area contributed by atoms with E-state index in [4.69, 9.17) is 5.73 Å². The first-order valence-electron chi connectivity index (χ1n) is 10.2. The predicted molar refractivity (Wildman–Crippen MR) is 117 cm³/mol. The standard InChI is InChI=1S/C22H23N7O/c23-13-15-4-9-28(10-5-15)20-12-18-16(3-1-6-24-18)11-19(20)27-22(30)17-14-26-29-8-2-7-25-21(17)29/h1-3,6-8,11-12,14-15H,4-5,9-10,13,23H2,(H,27,30). The van der Waals surface area contributed by atoms with Gasteiger partial charge in [-0.05, 0) is 49.6 Å². The Morgan fingerprint density at radius 3 is 2.83 bits per heavy atom. The Morgan fingerprint density at radius 2 is 2.00 bits per heavy atom. The highest BCUT2D eigenvalue weighted by molar-refractivity contribution is 6.10. The molecular weight excluding hydrogens is 378 g/mol. The zero-order chi connectivity index (χ0) is 20.5. The lowest BCUT2D eigenvalue weighted by Gasteiger charge is -2.34. The second kappa shape index (κ2) is 7.72. The second-order valence-corrected chi connectivity index (χ2v) is 7.63. The summed E-state index contributed by atoms with van der Waals surface area (Å²) >= 11 is 0. The van der Waals surface area contributed by atoms with E-state index in [1.165, 1.54) is 0 Å². The molecule has 0 spiro atoms. The van der Waals surface area contributed by atoms with E-state index < -0.39 is 0 Å². The SMILES string of the molecule is NCC1CCN(c2cc3ncccc3cc2NC(=O)c2cnn3cccnc23)CC1. The quantitative estimate of drug-likeness (QED) is 0.545. The van der Waals surface area contributed by atoms with Crippen molar-refractivity contribution in [1.29, 1.82) is 0 Å². The zero-order valence-corrected chi connectivity index (χ0v) is 16.5. The Kier molecular flexibility index (Phi) is 4.76. The minimum absolute atomic E-state index is 0.231. The summed E-state index contributed by atoms with van der Waals surface area (Å²) in [5.74, 6) is 0.327. The monoisotopic (exact) mass is 401 g/mol. The first-order chi connectivity index (χ1) is 14.7. The van der Waals surface area contributed by atoms with Crippen LogP contribution in [0.3, 0.4) is 0 Å². The molecular formula is C22H23N7O. The normalized spacial score (nSPS) is 15.0. The number of nitrogens with one attached hydrogen (secondary N) is 1. The van der Waals surface area contributed by atoms with Gasteiger partial charge in [0.15, 0.2) is 5.65 Å². The van der Waals surface area contributed by atoms with Crippen molar-refractivity contribution in [3.63, 3.8) is 0 Å². The Balaban J connectivity index is 1.51. The smallest absolute Gasteiger partial charge is 0.261 e. The number of carbonyl (C=O) groups excluding carboxylic acids is 1. The number of hydrogen-bond acceptors (Lipinski definition) is 6. The highest BCUT2D eigenvalue weighted by Crippen LogP contribution is 2.33. The molecule has 0 atom stereocenters. The summed E-state index contributed by atoms with van der Waals surface area (Å²) in [5, 5.41) is 8.29. The minimum Gasteiger partial charge on any atom is -0.370 e. The molecule has 1 aliphatic heterocycles. The number of aromatic nitrogens is 4. The Bertz CT molecular complexity index is 1210. The molecule has 30 heavy (non-hydrogen) atoms. The molecule has 0 unspecified atom stereocenters. The van der Waals surface area contributed by atoms with Crippen LogP contribution in [0.1, 0.15) is 23.2 Å². The summed E-state index contributed by atoms with van der Waals surface area (Å²) in [6.07, 6.45) is 8.85. The van der Waals surface area contributed by atoms with Crippen LogP contribution in [0, 0.1) is 5.92 Å². The average molecular weight is 401 g/mol. The largest absolute Gasteiger partial charge is 0.370 e. The van der Waals surface area contributed by atoms with Gasteiger partial charge >= 0.3 is 0 Å². The molecule has 1 saturated heterocycles. The van der Waals surface area contributed by atoms with Gasteiger partial charge in [0.25, 0.3) is 5.91 Å². The van der Waals surface area contributed by atoms with Gasteiger partial charge in [-0.25, -0.2) is 9.50 Å². The van der Waals surface area contributed by atoms with Gasteiger partial charge < -0.3 is 16.0 Å². The van der Waals surface area contributed by atoms with E-state index in [-0.39, 0.29) is 5.91 Å². The molecule has 4 heterocycles. The fourth-order valence-corrected chi connectivity index (χ4v) is 4.06. The third kappa shape index (κ3) is 3.35. The number of piperidine rings is 1. The molecule has 152 valence electrons. The lowest BCUT2D eigenvalue weighted by atomic mass is 9.96. The summed E-state index contributed by atoms with van der Waals surface area (Å²) in [5.41, 5.74) is 9.48. The van der Waals surface area contributed by atoms with E-state index in [0.717, 1.165) is 54.8 Å². The Morgan fingerprint density at radius 1 is 1.17 bits per heavy atom. The summed E-state index contributed by atoms with van der Waals surface area (Å²) in [6, 6.07) is 9.72. The summed E-state index contributed by atoms with van der Waals surface area (Å²) < 4.78 is 1.59. The van der Waals surface area contributed by atoms with Gasteiger partial charge in [-0.15, -0.1) is 0 Å². The number of benzene rings is 1. The zero-order valence-electron chi connectivity index (χ0n) is 16.5. The number of pyridine rings is 1. The van der Waals surface area contributed by atoms with Gasteiger partial charge in [0.2, 0.25) is 0 Å². The number of amides is 1. The maximum Gasteiger partial charge on any atom is 0.261 e. The van der Waals surface area contributed by atoms with Gasteiger partial charge in [-0.1, -0.05) is 6.07 Å². The minimum atomic E-state index is -0.231. The maximum atomic E-state index is 13.1. The van der Waals surface area contributed by atoms with E-state index in [0.29, 0.717) is 17.1 Å². The van der Waals surface area contributed by atoms with Gasteiger partial charge in [-0.3, -0.25) is 9.78 Å². The fourth-order valence-electron chi connectivity index (χ4n) is 4.06. The highest BCUT2D eigenvalue weighted by Gasteiger charge is 2.22. The van der Waals surface area contributed by atoms with E-state index >= 15 is 0 Å². The van der Waals surface area contributed by atoms with Crippen LogP contribution in [-0.2, 0) is 0 Å². The van der Waals surface area contributed by atoms with Crippen molar-refractivity contribution in [3.05, 3.63) is 60.7 Å². The van der Waals surface area contributed by atoms with Gasteiger partial charge in [0.05, 0.1) is 23.1 Å². The van der Waals surface area contributed by atoms with Crippen LogP contribution < -0.4 is 16.0 Å². The van der Waals surface area contributed by atoms with Crippen LogP contribution in [0.5, 0.6) is 0 Å². The predicted octanol–water partition coefficient (Wildman–Crippen LogP) is 2.70. The summed E-state index contributed by atoms with van der Waals surface area (Å²) in [7, 11) is 0. The Hall–Kier alpha value is -3.52. The molecule has 8 nitrogen and oxygen atoms in total. The first kappa shape index (κ1) is 18.5. The highest BCUT2D eigenvalue weighted by atomic mass is 16.1. The average Bonchev–Trinajstić information content (AvgIpc) is 3.23. The van der Waals surface area contributed by atoms with Crippen molar-refractivity contribution in [2.24, 2.45) is 11.7 Å². The molecule has 3 N–H and O–H groups in total. The number of fused-ring (bicyclic) bond motifs is 2.